The number of H-pyrrole nitrogens is 1. The average molecular weight is 515 g/mol. The molecule has 1 unspecified atom stereocenters. The van der Waals surface area contributed by atoms with Crippen molar-refractivity contribution in [1.29, 1.82) is 0 Å². The molecule has 0 bridgehead atoms. The van der Waals surface area contributed by atoms with E-state index in [1.807, 2.05) is 25.0 Å². The van der Waals surface area contributed by atoms with Gasteiger partial charge in [-0.15, -0.1) is 0 Å². The number of aromatic amines is 1. The van der Waals surface area contributed by atoms with Gasteiger partial charge in [-0.05, 0) is 99.5 Å². The Kier molecular flexibility index (Phi) is 12.3. The zero-order valence-electron chi connectivity index (χ0n) is 21.8. The van der Waals surface area contributed by atoms with E-state index in [9.17, 15) is 0 Å². The second kappa shape index (κ2) is 15.4. The molecule has 1 saturated carbocycles. The van der Waals surface area contributed by atoms with Gasteiger partial charge in [-0.25, -0.2) is 9.97 Å². The molecule has 6 rings (SSSR count). The number of aryl methyl sites for hydroxylation is 1. The van der Waals surface area contributed by atoms with Crippen LogP contribution in [-0.4, -0.2) is 53.2 Å². The zero-order chi connectivity index (χ0) is 24.9. The Morgan fingerprint density at radius 1 is 0.914 bits per heavy atom. The second-order valence-corrected chi connectivity index (χ2v) is 10.9. The largest absolute Gasteiger partial charge is 0.381 e. The topological polar surface area (TPSA) is 62.8 Å². The summed E-state index contributed by atoms with van der Waals surface area (Å²) in [6, 6.07) is 11.4. The molecule has 0 spiro atoms. The van der Waals surface area contributed by atoms with Gasteiger partial charge in [-0.1, -0.05) is 24.3 Å². The van der Waals surface area contributed by atoms with E-state index in [0.717, 1.165) is 36.5 Å². The Balaban J connectivity index is 0.000000239. The highest BCUT2D eigenvalue weighted by Crippen LogP contribution is 2.41. The van der Waals surface area contributed by atoms with Gasteiger partial charge in [-0.2, -0.15) is 23.5 Å². The van der Waals surface area contributed by atoms with E-state index in [-0.39, 0.29) is 0 Å². The third-order valence-electron chi connectivity index (χ3n) is 6.22. The van der Waals surface area contributed by atoms with Crippen LogP contribution in [0.3, 0.4) is 0 Å². The highest BCUT2D eigenvalue weighted by atomic mass is 32.2. The Labute approximate surface area is 220 Å². The summed E-state index contributed by atoms with van der Waals surface area (Å²) in [4.78, 5) is 12.4. The summed E-state index contributed by atoms with van der Waals surface area (Å²) in [7, 11) is 0. The molecule has 1 aliphatic heterocycles. The second-order valence-electron chi connectivity index (χ2n) is 9.26. The van der Waals surface area contributed by atoms with E-state index in [2.05, 4.69) is 50.6 Å². The smallest absolute Gasteiger partial charge is 0.143 e. The summed E-state index contributed by atoms with van der Waals surface area (Å²) in [6.07, 6.45) is 19.9. The molecule has 2 fully saturated rings. The van der Waals surface area contributed by atoms with Gasteiger partial charge in [0.1, 0.15) is 17.8 Å². The molecule has 5 nitrogen and oxygen atoms in total. The lowest BCUT2D eigenvalue weighted by molar-refractivity contribution is 0.0968. The Hall–Kier alpha value is -1.70. The number of benzene rings is 1. The van der Waals surface area contributed by atoms with Crippen molar-refractivity contribution in [2.45, 2.75) is 63.3 Å². The molecule has 3 aliphatic rings. The number of thioether (sulfide) groups is 2. The highest BCUT2D eigenvalue weighted by molar-refractivity contribution is 7.98. The van der Waals surface area contributed by atoms with Gasteiger partial charge >= 0.3 is 0 Å². The highest BCUT2D eigenvalue weighted by Gasteiger charge is 2.26. The first-order chi connectivity index (χ1) is 17.2. The lowest BCUT2D eigenvalue weighted by Gasteiger charge is -2.26. The molecule has 2 N–H and O–H groups in total. The van der Waals surface area contributed by atoms with E-state index >= 15 is 0 Å². The molecule has 1 saturated heterocycles. The van der Waals surface area contributed by atoms with Crippen molar-refractivity contribution in [3.8, 4) is 0 Å². The van der Waals surface area contributed by atoms with Crippen molar-refractivity contribution < 1.29 is 4.74 Å². The van der Waals surface area contributed by atoms with Crippen LogP contribution in [0.5, 0.6) is 0 Å². The molecular formula is C28H42N4OS2. The fraction of sp³-hybridized carbons (Fsp3) is 0.571. The molecule has 2 aliphatic carbocycles. The van der Waals surface area contributed by atoms with Crippen LogP contribution >= 0.6 is 23.5 Å². The van der Waals surface area contributed by atoms with Crippen LogP contribution in [0.1, 0.15) is 73.7 Å². The summed E-state index contributed by atoms with van der Waals surface area (Å²) < 4.78 is 5.07. The number of rotatable bonds is 3. The molecule has 2 aromatic heterocycles. The lowest BCUT2D eigenvalue weighted by atomic mass is 9.88. The number of nitrogens with zero attached hydrogens (tertiary/aromatic N) is 2. The minimum atomic E-state index is 0.345. The molecule has 7 heteroatoms. The SMILES string of the molecule is C1CCOCC1.CSC.CSC.c1ccc2c(c1)CCCC2Nc1ncnc2[nH]c(C3CC3)cc12. The van der Waals surface area contributed by atoms with Crippen LogP contribution in [0.25, 0.3) is 11.0 Å². The number of hydrogen-bond acceptors (Lipinski definition) is 6. The molecule has 192 valence electrons. The van der Waals surface area contributed by atoms with Crippen LogP contribution in [0.15, 0.2) is 36.7 Å². The summed E-state index contributed by atoms with van der Waals surface area (Å²) in [6.45, 7) is 2.00. The number of ether oxygens (including phenoxy) is 1. The fourth-order valence-corrected chi connectivity index (χ4v) is 4.45. The van der Waals surface area contributed by atoms with Gasteiger partial charge in [0.05, 0.1) is 11.4 Å². The Morgan fingerprint density at radius 3 is 2.26 bits per heavy atom. The Morgan fingerprint density at radius 2 is 1.63 bits per heavy atom. The van der Waals surface area contributed by atoms with Crippen LogP contribution in [0.4, 0.5) is 5.82 Å². The molecule has 0 amide bonds. The van der Waals surface area contributed by atoms with Gasteiger partial charge in [0, 0.05) is 18.9 Å². The van der Waals surface area contributed by atoms with Gasteiger partial charge < -0.3 is 15.0 Å². The summed E-state index contributed by atoms with van der Waals surface area (Å²) in [5.41, 5.74) is 5.15. The molecule has 0 radical (unpaired) electrons. The maximum Gasteiger partial charge on any atom is 0.143 e. The van der Waals surface area contributed by atoms with Crippen molar-refractivity contribution in [2.75, 3.05) is 43.6 Å². The fourth-order valence-electron chi connectivity index (χ4n) is 4.45. The predicted octanol–water partition coefficient (Wildman–Crippen LogP) is 7.47. The number of fused-ring (bicyclic) bond motifs is 2. The van der Waals surface area contributed by atoms with E-state index in [1.54, 1.807) is 29.9 Å². The third kappa shape index (κ3) is 8.72. The zero-order valence-corrected chi connectivity index (χ0v) is 23.4. The van der Waals surface area contributed by atoms with Crippen LogP contribution in [0.2, 0.25) is 0 Å². The molecule has 1 aromatic carbocycles. The van der Waals surface area contributed by atoms with E-state index < -0.39 is 0 Å². The summed E-state index contributed by atoms with van der Waals surface area (Å²) in [5.74, 6) is 1.66. The monoisotopic (exact) mass is 514 g/mol. The van der Waals surface area contributed by atoms with Crippen molar-refractivity contribution in [2.24, 2.45) is 0 Å². The summed E-state index contributed by atoms with van der Waals surface area (Å²) >= 11 is 3.50. The molecule has 1 atom stereocenters. The van der Waals surface area contributed by atoms with Crippen LogP contribution in [0, 0.1) is 0 Å². The van der Waals surface area contributed by atoms with Crippen LogP contribution < -0.4 is 5.32 Å². The number of nitrogens with one attached hydrogen (secondary N) is 2. The standard InChI is InChI=1S/C19H20N4.C5H10O.2C2H6S/c1-2-6-14-12(4-1)5-3-7-16(14)22-18-15-10-17(13-8-9-13)23-19(15)21-11-20-18;1-2-4-6-5-3-1;2*1-3-2/h1-2,4,6,10-11,13,16H,3,5,7-9H2,(H2,20,21,22,23);1-5H2;2*1-2H3. The third-order valence-corrected chi connectivity index (χ3v) is 6.22. The molecule has 35 heavy (non-hydrogen) atoms. The quantitative estimate of drug-likeness (QED) is 0.378. The van der Waals surface area contributed by atoms with E-state index in [1.165, 1.54) is 61.8 Å². The van der Waals surface area contributed by atoms with Crippen molar-refractivity contribution >= 4 is 40.4 Å². The van der Waals surface area contributed by atoms with Gasteiger partial charge in [-0.3, -0.25) is 0 Å². The summed E-state index contributed by atoms with van der Waals surface area (Å²) in [5, 5.41) is 4.80. The van der Waals surface area contributed by atoms with Gasteiger partial charge in [0.15, 0.2) is 0 Å². The number of hydrogen-bond donors (Lipinski definition) is 2. The Bertz CT molecular complexity index is 988. The number of anilines is 1. The minimum Gasteiger partial charge on any atom is -0.381 e. The van der Waals surface area contributed by atoms with Gasteiger partial charge in [0.2, 0.25) is 0 Å². The molecule has 3 heterocycles. The van der Waals surface area contributed by atoms with Gasteiger partial charge in [0.25, 0.3) is 0 Å². The number of aromatic nitrogens is 3. The van der Waals surface area contributed by atoms with Crippen LogP contribution in [-0.2, 0) is 11.2 Å². The molecular weight excluding hydrogens is 472 g/mol. The first-order valence-corrected chi connectivity index (χ1v) is 16.0. The predicted molar refractivity (Wildman–Crippen MR) is 155 cm³/mol. The minimum absolute atomic E-state index is 0.345. The first kappa shape index (κ1) is 27.9. The lowest BCUT2D eigenvalue weighted by Crippen LogP contribution is -2.18. The van der Waals surface area contributed by atoms with E-state index in [0.29, 0.717) is 12.0 Å². The first-order valence-electron chi connectivity index (χ1n) is 12.8. The normalized spacial score (nSPS) is 18.6. The average Bonchev–Trinajstić information content (AvgIpc) is 3.65. The van der Waals surface area contributed by atoms with Crippen molar-refractivity contribution in [3.63, 3.8) is 0 Å². The maximum absolute atomic E-state index is 5.07. The van der Waals surface area contributed by atoms with E-state index in [4.69, 9.17) is 4.74 Å². The maximum atomic E-state index is 5.07. The molecule has 3 aromatic rings. The van der Waals surface area contributed by atoms with Crippen molar-refractivity contribution in [3.05, 3.63) is 53.5 Å². The van der Waals surface area contributed by atoms with Crippen molar-refractivity contribution in [1.82, 2.24) is 15.0 Å².